The van der Waals surface area contributed by atoms with Gasteiger partial charge in [0.05, 0.1) is 18.4 Å². The van der Waals surface area contributed by atoms with Crippen molar-refractivity contribution in [2.24, 2.45) is 0 Å². The fourth-order valence-electron chi connectivity index (χ4n) is 2.19. The van der Waals surface area contributed by atoms with Gasteiger partial charge in [-0.2, -0.15) is 0 Å². The Morgan fingerprint density at radius 2 is 2.33 bits per heavy atom. The van der Waals surface area contributed by atoms with Crippen LogP contribution >= 0.6 is 11.8 Å². The minimum absolute atomic E-state index is 0.0221. The van der Waals surface area contributed by atoms with Gasteiger partial charge in [-0.15, -0.1) is 0 Å². The topological polar surface area (TPSA) is 77.2 Å². The van der Waals surface area contributed by atoms with Gasteiger partial charge in [0, 0.05) is 13.3 Å². The van der Waals surface area contributed by atoms with Gasteiger partial charge in [0.25, 0.3) is 0 Å². The molecule has 21 heavy (non-hydrogen) atoms. The highest BCUT2D eigenvalue weighted by Crippen LogP contribution is 2.28. The molecule has 0 aliphatic carbocycles. The minimum Gasteiger partial charge on any atom is -0.481 e. The third-order valence-corrected chi connectivity index (χ3v) is 4.09. The maximum absolute atomic E-state index is 10.8. The lowest BCUT2D eigenvalue weighted by atomic mass is 10.2. The second-order valence-corrected chi connectivity index (χ2v) is 5.76. The van der Waals surface area contributed by atoms with Crippen molar-refractivity contribution < 1.29 is 14.6 Å². The van der Waals surface area contributed by atoms with Crippen molar-refractivity contribution in [2.45, 2.75) is 31.5 Å². The van der Waals surface area contributed by atoms with Crippen molar-refractivity contribution in [3.8, 4) is 0 Å². The molecule has 114 valence electrons. The normalized spacial score (nSPS) is 12.7. The summed E-state index contributed by atoms with van der Waals surface area (Å²) in [7, 11) is 1.66. The average Bonchev–Trinajstić information content (AvgIpc) is 2.79. The Labute approximate surface area is 127 Å². The molecule has 2 aromatic heterocycles. The van der Waals surface area contributed by atoms with E-state index in [-0.39, 0.29) is 11.8 Å². The molecule has 2 heterocycles. The molecule has 0 fully saturated rings. The van der Waals surface area contributed by atoms with Crippen LogP contribution in [0.1, 0.15) is 24.9 Å². The molecule has 1 unspecified atom stereocenters. The average molecular weight is 309 g/mol. The second kappa shape index (κ2) is 6.91. The van der Waals surface area contributed by atoms with E-state index in [1.54, 1.807) is 13.3 Å². The number of imidazole rings is 1. The van der Waals surface area contributed by atoms with E-state index in [9.17, 15) is 4.79 Å². The molecule has 1 atom stereocenters. The highest BCUT2D eigenvalue weighted by atomic mass is 32.2. The summed E-state index contributed by atoms with van der Waals surface area (Å²) in [5.74, 6) is -0.881. The van der Waals surface area contributed by atoms with Crippen molar-refractivity contribution >= 4 is 28.9 Å². The molecule has 0 spiro atoms. The number of hydrogen-bond acceptors (Lipinski definition) is 5. The molecule has 6 nitrogen and oxygen atoms in total. The Kier molecular flexibility index (Phi) is 5.19. The molecule has 2 aromatic rings. The van der Waals surface area contributed by atoms with E-state index in [1.807, 2.05) is 17.6 Å². The molecule has 0 amide bonds. The molecule has 0 saturated heterocycles. The molecule has 7 heteroatoms. The number of aromatic nitrogens is 3. The first-order chi connectivity index (χ1) is 10.1. The summed E-state index contributed by atoms with van der Waals surface area (Å²) in [6.45, 7) is 4.56. The number of methoxy groups -OCH3 is 1. The van der Waals surface area contributed by atoms with Gasteiger partial charge in [-0.05, 0) is 25.0 Å². The molecule has 0 aliphatic rings. The monoisotopic (exact) mass is 309 g/mol. The van der Waals surface area contributed by atoms with Gasteiger partial charge >= 0.3 is 5.97 Å². The van der Waals surface area contributed by atoms with Crippen molar-refractivity contribution in [1.29, 1.82) is 0 Å². The van der Waals surface area contributed by atoms with E-state index in [0.29, 0.717) is 11.8 Å². The van der Waals surface area contributed by atoms with E-state index in [1.165, 1.54) is 11.8 Å². The van der Waals surface area contributed by atoms with Crippen LogP contribution in [-0.2, 0) is 9.53 Å². The molecule has 0 radical (unpaired) electrons. The number of aryl methyl sites for hydroxylation is 1. The number of pyridine rings is 1. The Morgan fingerprint density at radius 1 is 1.57 bits per heavy atom. The van der Waals surface area contributed by atoms with Crippen molar-refractivity contribution in [3.05, 3.63) is 17.8 Å². The van der Waals surface area contributed by atoms with Crippen LogP contribution in [0.3, 0.4) is 0 Å². The number of rotatable bonds is 7. The Bertz CT molecular complexity index is 642. The highest BCUT2D eigenvalue weighted by Gasteiger charge is 2.20. The maximum atomic E-state index is 10.8. The van der Waals surface area contributed by atoms with Crippen molar-refractivity contribution in [1.82, 2.24) is 14.5 Å². The van der Waals surface area contributed by atoms with Crippen LogP contribution < -0.4 is 0 Å². The fourth-order valence-corrected chi connectivity index (χ4v) is 2.98. The number of fused-ring (bicyclic) bond motifs is 1. The van der Waals surface area contributed by atoms with E-state index < -0.39 is 5.97 Å². The van der Waals surface area contributed by atoms with Gasteiger partial charge in [0.15, 0.2) is 10.8 Å². The largest absolute Gasteiger partial charge is 0.481 e. The molecule has 2 rings (SSSR count). The maximum Gasteiger partial charge on any atom is 0.313 e. The number of aliphatic carboxylic acids is 1. The van der Waals surface area contributed by atoms with E-state index >= 15 is 0 Å². The zero-order valence-corrected chi connectivity index (χ0v) is 13.2. The molecular formula is C14H19N3O3S. The zero-order chi connectivity index (χ0) is 15.4. The van der Waals surface area contributed by atoms with Crippen LogP contribution in [0, 0.1) is 6.92 Å². The van der Waals surface area contributed by atoms with Crippen molar-refractivity contribution in [3.63, 3.8) is 0 Å². The van der Waals surface area contributed by atoms with E-state index in [2.05, 4.69) is 16.9 Å². The Hall–Kier alpha value is -1.60. The first-order valence-electron chi connectivity index (χ1n) is 6.75. The summed E-state index contributed by atoms with van der Waals surface area (Å²) >= 11 is 1.21. The number of ether oxygens (including phenoxy) is 1. The third-order valence-electron chi connectivity index (χ3n) is 3.15. The Balaban J connectivity index is 2.50. The van der Waals surface area contributed by atoms with Gasteiger partial charge < -0.3 is 9.84 Å². The quantitative estimate of drug-likeness (QED) is 0.792. The summed E-state index contributed by atoms with van der Waals surface area (Å²) < 4.78 is 7.26. The van der Waals surface area contributed by atoms with Crippen LogP contribution in [0.15, 0.2) is 17.4 Å². The van der Waals surface area contributed by atoms with E-state index in [4.69, 9.17) is 9.84 Å². The van der Waals surface area contributed by atoms with Crippen LogP contribution in [0.2, 0.25) is 0 Å². The summed E-state index contributed by atoms with van der Waals surface area (Å²) in [5, 5.41) is 9.56. The highest BCUT2D eigenvalue weighted by molar-refractivity contribution is 7.99. The van der Waals surface area contributed by atoms with Crippen LogP contribution in [-0.4, -0.2) is 45.1 Å². The number of nitrogens with zero attached hydrogens (tertiary/aromatic N) is 3. The van der Waals surface area contributed by atoms with Crippen LogP contribution in [0.4, 0.5) is 0 Å². The van der Waals surface area contributed by atoms with Gasteiger partial charge in [-0.1, -0.05) is 18.7 Å². The van der Waals surface area contributed by atoms with Gasteiger partial charge in [-0.3, -0.25) is 9.36 Å². The van der Waals surface area contributed by atoms with E-state index in [0.717, 1.165) is 23.1 Å². The third kappa shape index (κ3) is 3.54. The zero-order valence-electron chi connectivity index (χ0n) is 12.4. The minimum atomic E-state index is -0.859. The van der Waals surface area contributed by atoms with Crippen molar-refractivity contribution in [2.75, 3.05) is 19.5 Å². The predicted octanol–water partition coefficient (Wildman–Crippen LogP) is 2.51. The smallest absolute Gasteiger partial charge is 0.313 e. The summed E-state index contributed by atoms with van der Waals surface area (Å²) in [6.07, 6.45) is 2.65. The number of carboxylic acid groups (broad SMARTS) is 1. The molecule has 0 saturated carbocycles. The van der Waals surface area contributed by atoms with Crippen LogP contribution in [0.25, 0.3) is 11.2 Å². The lowest BCUT2D eigenvalue weighted by Crippen LogP contribution is -2.15. The summed E-state index contributed by atoms with van der Waals surface area (Å²) in [4.78, 5) is 19.8. The number of carboxylic acids is 1. The second-order valence-electron chi connectivity index (χ2n) is 4.82. The molecular weight excluding hydrogens is 290 g/mol. The van der Waals surface area contributed by atoms with Gasteiger partial charge in [0.1, 0.15) is 5.52 Å². The number of thioether (sulfide) groups is 1. The first-order valence-corrected chi connectivity index (χ1v) is 7.73. The lowest BCUT2D eigenvalue weighted by molar-refractivity contribution is -0.133. The lowest BCUT2D eigenvalue weighted by Gasteiger charge is -2.18. The van der Waals surface area contributed by atoms with Gasteiger partial charge in [0.2, 0.25) is 0 Å². The summed E-state index contributed by atoms with van der Waals surface area (Å²) in [5.41, 5.74) is 2.59. The molecule has 1 N–H and O–H groups in total. The standard InChI is InChI=1S/C14H19N3O3S/c1-4-10(7-20-3)17-13-11(5-9(2)6-15-13)16-14(17)21-8-12(18)19/h5-6,10H,4,7-8H2,1-3H3,(H,18,19). The predicted molar refractivity (Wildman–Crippen MR) is 81.8 cm³/mol. The van der Waals surface area contributed by atoms with Gasteiger partial charge in [-0.25, -0.2) is 9.97 Å². The number of hydrogen-bond donors (Lipinski definition) is 1. The van der Waals surface area contributed by atoms with Crippen LogP contribution in [0.5, 0.6) is 0 Å². The number of carbonyl (C=O) groups is 1. The summed E-state index contributed by atoms with van der Waals surface area (Å²) in [6, 6.07) is 2.05. The molecule has 0 bridgehead atoms. The SMILES string of the molecule is CCC(COC)n1c(SCC(=O)O)nc2cc(C)cnc21. The fraction of sp³-hybridized carbons (Fsp3) is 0.500. The molecule has 0 aromatic carbocycles. The first kappa shape index (κ1) is 15.8. The molecule has 0 aliphatic heterocycles. The Morgan fingerprint density at radius 3 is 2.95 bits per heavy atom.